The first kappa shape index (κ1) is 23.9. The van der Waals surface area contributed by atoms with Crippen molar-refractivity contribution in [2.75, 3.05) is 11.8 Å². The smallest absolute Gasteiger partial charge is 0.497 e. The Morgan fingerprint density at radius 1 is 0.939 bits per heavy atom. The van der Waals surface area contributed by atoms with E-state index in [9.17, 15) is 26.4 Å². The summed E-state index contributed by atoms with van der Waals surface area (Å²) in [5.74, 6) is -0.785. The van der Waals surface area contributed by atoms with Crippen molar-refractivity contribution >= 4 is 21.6 Å². The summed E-state index contributed by atoms with van der Waals surface area (Å²) in [5.41, 5.74) is 0.819. The van der Waals surface area contributed by atoms with E-state index in [1.165, 1.54) is 25.3 Å². The zero-order chi connectivity index (χ0) is 24.1. The van der Waals surface area contributed by atoms with E-state index in [0.717, 1.165) is 29.8 Å². The molecule has 11 heteroatoms. The van der Waals surface area contributed by atoms with Crippen LogP contribution in [0.3, 0.4) is 0 Å². The second kappa shape index (κ2) is 9.82. The molecule has 0 aliphatic rings. The van der Waals surface area contributed by atoms with Crippen LogP contribution in [0.2, 0.25) is 0 Å². The Hall–Kier alpha value is -3.73. The summed E-state index contributed by atoms with van der Waals surface area (Å²) in [6, 6.07) is 17.0. The fourth-order valence-electron chi connectivity index (χ4n) is 2.82. The quantitative estimate of drug-likeness (QED) is 0.501. The Balaban J connectivity index is 1.82. The van der Waals surface area contributed by atoms with Gasteiger partial charge >= 0.3 is 6.36 Å². The van der Waals surface area contributed by atoms with Crippen LogP contribution in [-0.4, -0.2) is 27.8 Å². The standard InChI is InChI=1S/C22H19F3N2O5S/c1-31-17-9-12-20(19(13-17)21(28)26-14-15-5-3-2-4-6-15)27-33(29,30)18-10-7-16(8-11-18)32-22(23,24)25/h2-13,27H,14H2,1H3,(H,26,28). The van der Waals surface area contributed by atoms with Gasteiger partial charge in [-0.2, -0.15) is 0 Å². The van der Waals surface area contributed by atoms with Crippen LogP contribution in [-0.2, 0) is 16.6 Å². The molecule has 3 aromatic carbocycles. The van der Waals surface area contributed by atoms with Crippen molar-refractivity contribution in [3.63, 3.8) is 0 Å². The molecule has 1 amide bonds. The van der Waals surface area contributed by atoms with E-state index >= 15 is 0 Å². The lowest BCUT2D eigenvalue weighted by atomic mass is 10.1. The second-order valence-corrected chi connectivity index (χ2v) is 8.39. The molecule has 0 fully saturated rings. The van der Waals surface area contributed by atoms with Crippen LogP contribution in [0.5, 0.6) is 11.5 Å². The number of benzene rings is 3. The summed E-state index contributed by atoms with van der Waals surface area (Å²) in [6.07, 6.45) is -4.90. The average Bonchev–Trinajstić information content (AvgIpc) is 2.77. The molecule has 0 spiro atoms. The van der Waals surface area contributed by atoms with Gasteiger partial charge in [0.25, 0.3) is 15.9 Å². The van der Waals surface area contributed by atoms with Crippen LogP contribution < -0.4 is 19.5 Å². The average molecular weight is 480 g/mol. The molecular weight excluding hydrogens is 461 g/mol. The monoisotopic (exact) mass is 480 g/mol. The Labute approximate surface area is 188 Å². The van der Waals surface area contributed by atoms with Crippen molar-refractivity contribution in [3.05, 3.63) is 83.9 Å². The molecular formula is C22H19F3N2O5S. The number of hydrogen-bond donors (Lipinski definition) is 2. The number of carbonyl (C=O) groups excluding carboxylic acids is 1. The van der Waals surface area contributed by atoms with Crippen LogP contribution in [0.15, 0.2) is 77.7 Å². The van der Waals surface area contributed by atoms with E-state index in [4.69, 9.17) is 4.74 Å². The highest BCUT2D eigenvalue weighted by molar-refractivity contribution is 7.92. The van der Waals surface area contributed by atoms with Gasteiger partial charge < -0.3 is 14.8 Å². The lowest BCUT2D eigenvalue weighted by Gasteiger charge is -2.15. The van der Waals surface area contributed by atoms with Gasteiger partial charge in [0.05, 0.1) is 23.3 Å². The highest BCUT2D eigenvalue weighted by Crippen LogP contribution is 2.27. The molecule has 0 saturated heterocycles. The normalized spacial score (nSPS) is 11.5. The Morgan fingerprint density at radius 3 is 2.18 bits per heavy atom. The number of halogens is 3. The number of carbonyl (C=O) groups is 1. The van der Waals surface area contributed by atoms with Gasteiger partial charge in [-0.1, -0.05) is 30.3 Å². The van der Waals surface area contributed by atoms with Crippen LogP contribution in [0.4, 0.5) is 18.9 Å². The van der Waals surface area contributed by atoms with Crippen LogP contribution in [0.25, 0.3) is 0 Å². The minimum absolute atomic E-state index is 0.00545. The maximum Gasteiger partial charge on any atom is 0.573 e. The molecule has 0 heterocycles. The number of anilines is 1. The molecule has 0 saturated carbocycles. The van der Waals surface area contributed by atoms with E-state index in [2.05, 4.69) is 14.8 Å². The Bertz CT molecular complexity index is 1220. The summed E-state index contributed by atoms with van der Waals surface area (Å²) >= 11 is 0. The Kier molecular flexibility index (Phi) is 7.12. The third-order valence-electron chi connectivity index (χ3n) is 4.38. The summed E-state index contributed by atoms with van der Waals surface area (Å²) in [6.45, 7) is 0.212. The number of ether oxygens (including phenoxy) is 2. The topological polar surface area (TPSA) is 93.7 Å². The van der Waals surface area contributed by atoms with E-state index in [0.29, 0.717) is 5.75 Å². The van der Waals surface area contributed by atoms with Gasteiger partial charge in [-0.05, 0) is 48.0 Å². The molecule has 0 radical (unpaired) electrons. The molecule has 0 unspecified atom stereocenters. The first-order valence-corrected chi connectivity index (χ1v) is 10.9. The van der Waals surface area contributed by atoms with E-state index < -0.39 is 28.0 Å². The summed E-state index contributed by atoms with van der Waals surface area (Å²) in [7, 11) is -2.83. The van der Waals surface area contributed by atoms with Crippen molar-refractivity contribution in [1.29, 1.82) is 0 Å². The van der Waals surface area contributed by atoms with Crippen molar-refractivity contribution < 1.29 is 35.9 Å². The van der Waals surface area contributed by atoms with Gasteiger partial charge in [0.1, 0.15) is 11.5 Å². The predicted molar refractivity (Wildman–Crippen MR) is 115 cm³/mol. The van der Waals surface area contributed by atoms with Gasteiger partial charge in [0.2, 0.25) is 0 Å². The third-order valence-corrected chi connectivity index (χ3v) is 5.76. The van der Waals surface area contributed by atoms with Crippen molar-refractivity contribution in [1.82, 2.24) is 5.32 Å². The molecule has 0 aromatic heterocycles. The summed E-state index contributed by atoms with van der Waals surface area (Å²) < 4.78 is 73.7. The second-order valence-electron chi connectivity index (χ2n) is 6.70. The molecule has 174 valence electrons. The number of hydrogen-bond acceptors (Lipinski definition) is 5. The SMILES string of the molecule is COc1ccc(NS(=O)(=O)c2ccc(OC(F)(F)F)cc2)c(C(=O)NCc2ccccc2)c1. The number of alkyl halides is 3. The molecule has 2 N–H and O–H groups in total. The highest BCUT2D eigenvalue weighted by atomic mass is 32.2. The van der Waals surface area contributed by atoms with Gasteiger partial charge in [0, 0.05) is 6.54 Å². The molecule has 0 bridgehead atoms. The molecule has 33 heavy (non-hydrogen) atoms. The lowest BCUT2D eigenvalue weighted by Crippen LogP contribution is -2.25. The van der Waals surface area contributed by atoms with Crippen LogP contribution >= 0.6 is 0 Å². The third kappa shape index (κ3) is 6.62. The number of nitrogens with one attached hydrogen (secondary N) is 2. The first-order valence-electron chi connectivity index (χ1n) is 9.46. The van der Waals surface area contributed by atoms with Gasteiger partial charge in [-0.3, -0.25) is 9.52 Å². The van der Waals surface area contributed by atoms with Gasteiger partial charge in [-0.25, -0.2) is 8.42 Å². The minimum Gasteiger partial charge on any atom is -0.497 e. The van der Waals surface area contributed by atoms with Crippen molar-refractivity contribution in [2.45, 2.75) is 17.8 Å². The first-order chi connectivity index (χ1) is 15.6. The van der Waals surface area contributed by atoms with Gasteiger partial charge in [0.15, 0.2) is 0 Å². The molecule has 0 aliphatic heterocycles. The highest BCUT2D eigenvalue weighted by Gasteiger charge is 2.31. The van der Waals surface area contributed by atoms with Crippen LogP contribution in [0, 0.1) is 0 Å². The maximum atomic E-state index is 12.8. The van der Waals surface area contributed by atoms with E-state index in [-0.39, 0.29) is 22.7 Å². The maximum absolute atomic E-state index is 12.8. The van der Waals surface area contributed by atoms with Gasteiger partial charge in [-0.15, -0.1) is 13.2 Å². The zero-order valence-corrected chi connectivity index (χ0v) is 18.0. The summed E-state index contributed by atoms with van der Waals surface area (Å²) in [5, 5.41) is 2.71. The molecule has 0 aliphatic carbocycles. The Morgan fingerprint density at radius 2 is 1.58 bits per heavy atom. The predicted octanol–water partition coefficient (Wildman–Crippen LogP) is 4.32. The molecule has 7 nitrogen and oxygen atoms in total. The van der Waals surface area contributed by atoms with E-state index in [1.807, 2.05) is 30.3 Å². The molecule has 3 aromatic rings. The largest absolute Gasteiger partial charge is 0.573 e. The lowest BCUT2D eigenvalue weighted by molar-refractivity contribution is -0.274. The number of amides is 1. The van der Waals surface area contributed by atoms with Crippen LogP contribution in [0.1, 0.15) is 15.9 Å². The van der Waals surface area contributed by atoms with Crippen molar-refractivity contribution in [2.24, 2.45) is 0 Å². The summed E-state index contributed by atoms with van der Waals surface area (Å²) in [4.78, 5) is 12.5. The number of sulfonamides is 1. The fourth-order valence-corrected chi connectivity index (χ4v) is 3.90. The number of rotatable bonds is 8. The minimum atomic E-state index is -4.90. The fraction of sp³-hybridized carbons (Fsp3) is 0.136. The number of methoxy groups -OCH3 is 1. The zero-order valence-electron chi connectivity index (χ0n) is 17.2. The van der Waals surface area contributed by atoms with Crippen molar-refractivity contribution in [3.8, 4) is 11.5 Å². The molecule has 3 rings (SSSR count). The van der Waals surface area contributed by atoms with E-state index in [1.54, 1.807) is 0 Å². The molecule has 0 atom stereocenters.